The Hall–Kier alpha value is -0.760. The van der Waals surface area contributed by atoms with Crippen LogP contribution in [-0.4, -0.2) is 29.0 Å². The number of nitrogens with one attached hydrogen (secondary N) is 1. The molecule has 1 aromatic rings. The van der Waals surface area contributed by atoms with Crippen molar-refractivity contribution < 1.29 is 18.8 Å². The monoisotopic (exact) mass is 403 g/mol. The molecule has 0 saturated carbocycles. The third kappa shape index (κ3) is 4.21. The van der Waals surface area contributed by atoms with Gasteiger partial charge in [0.05, 0.1) is 20.1 Å². The number of hydrogen-bond donors (Lipinski definition) is 1. The van der Waals surface area contributed by atoms with Gasteiger partial charge < -0.3 is 14.0 Å². The van der Waals surface area contributed by atoms with Crippen molar-refractivity contribution >= 4 is 33.3 Å². The van der Waals surface area contributed by atoms with Gasteiger partial charge in [0, 0.05) is 27.8 Å². The van der Waals surface area contributed by atoms with E-state index >= 15 is 0 Å². The van der Waals surface area contributed by atoms with Crippen LogP contribution < -0.4 is 9.46 Å². The summed E-state index contributed by atoms with van der Waals surface area (Å²) in [6.45, 7) is 6.12. The van der Waals surface area contributed by atoms with Crippen LogP contribution >= 0.6 is 15.9 Å². The molecule has 0 spiro atoms. The van der Waals surface area contributed by atoms with E-state index in [9.17, 15) is 9.35 Å². The van der Waals surface area contributed by atoms with E-state index in [1.165, 1.54) is 7.11 Å². The summed E-state index contributed by atoms with van der Waals surface area (Å²) in [7, 11) is 1.36. The van der Waals surface area contributed by atoms with Crippen molar-refractivity contribution in [2.45, 2.75) is 43.9 Å². The second-order valence-corrected chi connectivity index (χ2v) is 9.44. The smallest absolute Gasteiger partial charge is 0.307 e. The summed E-state index contributed by atoms with van der Waals surface area (Å²) in [6, 6.07) is 5.65. The Morgan fingerprint density at radius 1 is 1.52 bits per heavy atom. The number of benzene rings is 1. The van der Waals surface area contributed by atoms with Crippen LogP contribution in [0, 0.1) is 0 Å². The van der Waals surface area contributed by atoms with Crippen LogP contribution in [0.25, 0.3) is 0 Å². The van der Waals surface area contributed by atoms with Gasteiger partial charge in [-0.3, -0.25) is 4.79 Å². The molecule has 2 rings (SSSR count). The first-order valence-electron chi connectivity index (χ1n) is 7.37. The highest BCUT2D eigenvalue weighted by molar-refractivity contribution is 9.10. The Labute approximate surface area is 148 Å². The molecule has 0 bridgehead atoms. The van der Waals surface area contributed by atoms with Gasteiger partial charge >= 0.3 is 5.97 Å². The van der Waals surface area contributed by atoms with Gasteiger partial charge in [-0.1, -0.05) is 22.0 Å². The summed E-state index contributed by atoms with van der Waals surface area (Å²) in [5.41, 5.74) is 0.0643. The van der Waals surface area contributed by atoms with E-state index in [0.29, 0.717) is 18.8 Å². The molecule has 0 saturated heterocycles. The lowest BCUT2D eigenvalue weighted by molar-refractivity contribution is -0.142. The van der Waals surface area contributed by atoms with Crippen molar-refractivity contribution in [1.29, 1.82) is 0 Å². The van der Waals surface area contributed by atoms with Gasteiger partial charge in [0.25, 0.3) is 0 Å². The average molecular weight is 404 g/mol. The standard InChI is InChI=1S/C16H22BrNO4S/c1-15(2,3)23(20)18-16(10-14(19)21-4)7-8-22-13-9-11(17)5-6-12(13)16/h5-6,9,18H,7-8,10H2,1-4H3/t16-,23?/m0/s1. The summed E-state index contributed by atoms with van der Waals surface area (Å²) in [4.78, 5) is 12.0. The van der Waals surface area contributed by atoms with Gasteiger partial charge in [0.15, 0.2) is 0 Å². The van der Waals surface area contributed by atoms with Crippen LogP contribution in [-0.2, 0) is 26.4 Å². The van der Waals surface area contributed by atoms with Gasteiger partial charge in [0.2, 0.25) is 0 Å². The van der Waals surface area contributed by atoms with E-state index in [0.717, 1.165) is 10.0 Å². The number of ether oxygens (including phenoxy) is 2. The molecule has 0 aromatic heterocycles. The fraction of sp³-hybridized carbons (Fsp3) is 0.562. The van der Waals surface area contributed by atoms with Crippen LogP contribution in [0.15, 0.2) is 22.7 Å². The molecule has 1 aromatic carbocycles. The third-order valence-corrected chi connectivity index (χ3v) is 5.95. The molecular weight excluding hydrogens is 382 g/mol. The van der Waals surface area contributed by atoms with E-state index in [1.807, 2.05) is 39.0 Å². The van der Waals surface area contributed by atoms with E-state index in [-0.39, 0.29) is 12.4 Å². The summed E-state index contributed by atoms with van der Waals surface area (Å²) < 4.78 is 26.9. The van der Waals surface area contributed by atoms with Crippen molar-refractivity contribution in [3.05, 3.63) is 28.2 Å². The number of carbonyl (C=O) groups is 1. The van der Waals surface area contributed by atoms with Crippen molar-refractivity contribution in [3.63, 3.8) is 0 Å². The van der Waals surface area contributed by atoms with Gasteiger partial charge in [0.1, 0.15) is 16.0 Å². The molecule has 1 unspecified atom stereocenters. The highest BCUT2D eigenvalue weighted by Gasteiger charge is 2.46. The lowest BCUT2D eigenvalue weighted by Crippen LogP contribution is -2.54. The van der Waals surface area contributed by atoms with Crippen LogP contribution in [0.2, 0.25) is 0 Å². The first-order chi connectivity index (χ1) is 10.7. The van der Waals surface area contributed by atoms with Crippen LogP contribution in [0.4, 0.5) is 0 Å². The molecule has 23 heavy (non-hydrogen) atoms. The minimum absolute atomic E-state index is 0.101. The predicted molar refractivity (Wildman–Crippen MR) is 93.6 cm³/mol. The van der Waals surface area contributed by atoms with E-state index in [1.54, 1.807) is 0 Å². The van der Waals surface area contributed by atoms with E-state index in [2.05, 4.69) is 20.7 Å². The predicted octanol–water partition coefficient (Wildman–Crippen LogP) is 3.04. The molecule has 2 atom stereocenters. The number of carbonyl (C=O) groups excluding carboxylic acids is 1. The minimum Gasteiger partial charge on any atom is -0.598 e. The number of halogens is 1. The second kappa shape index (κ2) is 7.01. The lowest BCUT2D eigenvalue weighted by atomic mass is 9.82. The number of methoxy groups -OCH3 is 1. The number of fused-ring (bicyclic) bond motifs is 1. The van der Waals surface area contributed by atoms with Gasteiger partial charge in [-0.15, -0.1) is 4.72 Å². The molecule has 1 N–H and O–H groups in total. The summed E-state index contributed by atoms with van der Waals surface area (Å²) in [6.07, 6.45) is 0.641. The number of hydrogen-bond acceptors (Lipinski definition) is 5. The second-order valence-electron chi connectivity index (χ2n) is 6.56. The van der Waals surface area contributed by atoms with Crippen molar-refractivity contribution in [2.24, 2.45) is 0 Å². The molecule has 1 heterocycles. The van der Waals surface area contributed by atoms with Crippen LogP contribution in [0.3, 0.4) is 0 Å². The summed E-state index contributed by atoms with van der Waals surface area (Å²) in [5.74, 6) is 0.340. The molecular formula is C16H22BrNO4S. The Morgan fingerprint density at radius 2 is 2.22 bits per heavy atom. The normalized spacial score (nSPS) is 22.0. The zero-order valence-electron chi connectivity index (χ0n) is 13.8. The highest BCUT2D eigenvalue weighted by atomic mass is 79.9. The Balaban J connectivity index is 2.45. The zero-order chi connectivity index (χ0) is 17.3. The molecule has 0 fully saturated rings. The molecule has 0 radical (unpaired) electrons. The molecule has 1 aliphatic heterocycles. The van der Waals surface area contributed by atoms with Crippen LogP contribution in [0.1, 0.15) is 39.2 Å². The topological polar surface area (TPSA) is 70.6 Å². The van der Waals surface area contributed by atoms with E-state index in [4.69, 9.17) is 9.47 Å². The maximum atomic E-state index is 12.7. The van der Waals surface area contributed by atoms with Crippen molar-refractivity contribution in [1.82, 2.24) is 4.72 Å². The van der Waals surface area contributed by atoms with Gasteiger partial charge in [-0.05, 0) is 32.9 Å². The fourth-order valence-corrected chi connectivity index (χ4v) is 3.74. The summed E-state index contributed by atoms with van der Waals surface area (Å²) >= 11 is 2.09. The largest absolute Gasteiger partial charge is 0.598 e. The molecule has 0 aliphatic carbocycles. The molecule has 128 valence electrons. The van der Waals surface area contributed by atoms with Crippen molar-refractivity contribution in [3.8, 4) is 5.75 Å². The minimum atomic E-state index is -1.33. The first kappa shape index (κ1) is 18.6. The molecule has 1 aliphatic rings. The zero-order valence-corrected chi connectivity index (χ0v) is 16.2. The average Bonchev–Trinajstić information content (AvgIpc) is 2.46. The summed E-state index contributed by atoms with van der Waals surface area (Å²) in [5, 5.41) is 0. The quantitative estimate of drug-likeness (QED) is 0.617. The third-order valence-electron chi connectivity index (χ3n) is 3.76. The number of esters is 1. The highest BCUT2D eigenvalue weighted by Crippen LogP contribution is 2.42. The Morgan fingerprint density at radius 3 is 2.83 bits per heavy atom. The van der Waals surface area contributed by atoms with Crippen LogP contribution in [0.5, 0.6) is 5.75 Å². The van der Waals surface area contributed by atoms with E-state index < -0.39 is 21.6 Å². The number of rotatable bonds is 4. The maximum absolute atomic E-state index is 12.7. The lowest BCUT2D eigenvalue weighted by Gasteiger charge is -2.40. The molecule has 7 heteroatoms. The fourth-order valence-electron chi connectivity index (χ4n) is 2.46. The Bertz CT molecular complexity index is 590. The molecule has 5 nitrogen and oxygen atoms in total. The SMILES string of the molecule is COC(=O)C[C@@]1(N[S+]([O-])C(C)(C)C)CCOc2cc(Br)ccc21. The van der Waals surface area contributed by atoms with Gasteiger partial charge in [-0.25, -0.2) is 0 Å². The van der Waals surface area contributed by atoms with Crippen molar-refractivity contribution in [2.75, 3.05) is 13.7 Å². The first-order valence-corrected chi connectivity index (χ1v) is 9.31. The van der Waals surface area contributed by atoms with Gasteiger partial charge in [-0.2, -0.15) is 0 Å². The Kier molecular flexibility index (Phi) is 5.66. The molecule has 0 amide bonds. The maximum Gasteiger partial charge on any atom is 0.307 e.